The van der Waals surface area contributed by atoms with Crippen molar-refractivity contribution in [3.63, 3.8) is 0 Å². The molecule has 0 aromatic rings. The zero-order valence-corrected chi connectivity index (χ0v) is 8.94. The number of carbonyl (C=O) groups excluding carboxylic acids is 2. The van der Waals surface area contributed by atoms with E-state index in [1.807, 2.05) is 0 Å². The molecule has 1 aliphatic rings. The van der Waals surface area contributed by atoms with Crippen molar-refractivity contribution in [1.29, 1.82) is 0 Å². The van der Waals surface area contributed by atoms with E-state index < -0.39 is 23.5 Å². The number of ether oxygens (including phenoxy) is 2. The topological polar surface area (TPSA) is 72.8 Å². The first-order chi connectivity index (χ1) is 6.97. The van der Waals surface area contributed by atoms with Gasteiger partial charge in [0, 0.05) is 6.42 Å². The molecule has 0 spiro atoms. The van der Waals surface area contributed by atoms with Crippen LogP contribution in [-0.4, -0.2) is 37.4 Å². The third-order valence-electron chi connectivity index (χ3n) is 2.61. The smallest absolute Gasteiger partial charge is 0.327 e. The van der Waals surface area contributed by atoms with Gasteiger partial charge in [0.1, 0.15) is 0 Å². The molecule has 0 aliphatic heterocycles. The minimum absolute atomic E-state index is 0.0157. The van der Waals surface area contributed by atoms with Gasteiger partial charge in [-0.25, -0.2) is 0 Å². The van der Waals surface area contributed by atoms with Crippen molar-refractivity contribution in [2.75, 3.05) is 14.2 Å². The van der Waals surface area contributed by atoms with E-state index in [0.717, 1.165) is 0 Å². The van der Waals surface area contributed by atoms with E-state index in [1.54, 1.807) is 6.92 Å². The van der Waals surface area contributed by atoms with Crippen LogP contribution in [0.25, 0.3) is 0 Å². The van der Waals surface area contributed by atoms with Gasteiger partial charge in [-0.05, 0) is 12.5 Å². The monoisotopic (exact) mass is 214 g/mol. The van der Waals surface area contributed by atoms with Crippen LogP contribution in [0, 0.1) is 5.41 Å². The Morgan fingerprint density at radius 2 is 1.87 bits per heavy atom. The van der Waals surface area contributed by atoms with Gasteiger partial charge in [0.15, 0.2) is 5.41 Å². The van der Waals surface area contributed by atoms with Gasteiger partial charge in [0.25, 0.3) is 0 Å². The fourth-order valence-electron chi connectivity index (χ4n) is 1.74. The van der Waals surface area contributed by atoms with Crippen LogP contribution in [0.3, 0.4) is 0 Å². The highest BCUT2D eigenvalue weighted by Gasteiger charge is 2.51. The molecule has 0 amide bonds. The van der Waals surface area contributed by atoms with Gasteiger partial charge in [-0.15, -0.1) is 0 Å². The Kier molecular flexibility index (Phi) is 3.14. The first kappa shape index (κ1) is 11.7. The van der Waals surface area contributed by atoms with Crippen LogP contribution in [0.5, 0.6) is 0 Å². The van der Waals surface area contributed by atoms with Gasteiger partial charge in [0.2, 0.25) is 0 Å². The molecule has 0 bridgehead atoms. The molecule has 0 heterocycles. The molecular weight excluding hydrogens is 200 g/mol. The maximum atomic E-state index is 11.5. The van der Waals surface area contributed by atoms with E-state index in [4.69, 9.17) is 0 Å². The number of methoxy groups -OCH3 is 2. The van der Waals surface area contributed by atoms with E-state index in [0.29, 0.717) is 5.57 Å². The van der Waals surface area contributed by atoms with E-state index in [9.17, 15) is 14.7 Å². The lowest BCUT2D eigenvalue weighted by Crippen LogP contribution is -2.39. The van der Waals surface area contributed by atoms with Crippen LogP contribution in [0.1, 0.15) is 13.3 Å². The molecule has 0 saturated heterocycles. The predicted molar refractivity (Wildman–Crippen MR) is 50.8 cm³/mol. The summed E-state index contributed by atoms with van der Waals surface area (Å²) in [5, 5.41) is 9.54. The Morgan fingerprint density at radius 1 is 1.40 bits per heavy atom. The zero-order chi connectivity index (χ0) is 11.6. The minimum atomic E-state index is -1.48. The van der Waals surface area contributed by atoms with Crippen molar-refractivity contribution >= 4 is 11.9 Å². The number of aliphatic hydroxyl groups excluding tert-OH is 1. The second-order valence-corrected chi connectivity index (χ2v) is 3.56. The first-order valence-electron chi connectivity index (χ1n) is 4.52. The van der Waals surface area contributed by atoms with Gasteiger partial charge in [-0.2, -0.15) is 0 Å². The summed E-state index contributed by atoms with van der Waals surface area (Å²) in [4.78, 5) is 23.1. The molecule has 0 aromatic heterocycles. The summed E-state index contributed by atoms with van der Waals surface area (Å²) in [6, 6.07) is 0. The molecule has 0 fully saturated rings. The summed E-state index contributed by atoms with van der Waals surface area (Å²) in [6.45, 7) is 1.65. The van der Waals surface area contributed by atoms with Gasteiger partial charge in [-0.1, -0.05) is 6.08 Å². The third-order valence-corrected chi connectivity index (χ3v) is 2.61. The fraction of sp³-hybridized carbons (Fsp3) is 0.600. The fourth-order valence-corrected chi connectivity index (χ4v) is 1.74. The summed E-state index contributed by atoms with van der Waals surface area (Å²) in [5.74, 6) is -1.41. The van der Waals surface area contributed by atoms with Gasteiger partial charge in [-0.3, -0.25) is 9.59 Å². The Labute approximate surface area is 87.7 Å². The largest absolute Gasteiger partial charge is 0.468 e. The number of hydrogen-bond donors (Lipinski definition) is 1. The summed E-state index contributed by atoms with van der Waals surface area (Å²) in [7, 11) is 2.39. The van der Waals surface area contributed by atoms with Crippen molar-refractivity contribution in [2.45, 2.75) is 19.4 Å². The SMILES string of the molecule is COC(=O)C1(C(=O)OC)C=C(C)C(O)C1. The summed E-state index contributed by atoms with van der Waals surface area (Å²) >= 11 is 0. The maximum absolute atomic E-state index is 11.5. The molecule has 0 aromatic carbocycles. The van der Waals surface area contributed by atoms with Crippen LogP contribution in [0.15, 0.2) is 11.6 Å². The molecule has 0 saturated carbocycles. The van der Waals surface area contributed by atoms with E-state index in [2.05, 4.69) is 9.47 Å². The highest BCUT2D eigenvalue weighted by atomic mass is 16.5. The second kappa shape index (κ2) is 4.02. The van der Waals surface area contributed by atoms with Crippen molar-refractivity contribution in [1.82, 2.24) is 0 Å². The first-order valence-corrected chi connectivity index (χ1v) is 4.52. The van der Waals surface area contributed by atoms with Gasteiger partial charge < -0.3 is 14.6 Å². The Hall–Kier alpha value is -1.36. The number of carbonyl (C=O) groups is 2. The number of hydrogen-bond acceptors (Lipinski definition) is 5. The Bertz CT molecular complexity index is 302. The van der Waals surface area contributed by atoms with Crippen LogP contribution < -0.4 is 0 Å². The van der Waals surface area contributed by atoms with E-state index >= 15 is 0 Å². The van der Waals surface area contributed by atoms with Crippen molar-refractivity contribution in [2.24, 2.45) is 5.41 Å². The van der Waals surface area contributed by atoms with Crippen molar-refractivity contribution in [3.05, 3.63) is 11.6 Å². The molecule has 84 valence electrons. The number of esters is 2. The molecular formula is C10H14O5. The Morgan fingerprint density at radius 3 is 2.13 bits per heavy atom. The van der Waals surface area contributed by atoms with Crippen molar-refractivity contribution in [3.8, 4) is 0 Å². The highest BCUT2D eigenvalue weighted by Crippen LogP contribution is 2.38. The number of aliphatic hydroxyl groups is 1. The average molecular weight is 214 g/mol. The Balaban J connectivity index is 3.11. The normalized spacial score (nSPS) is 23.2. The molecule has 5 heteroatoms. The van der Waals surface area contributed by atoms with Crippen LogP contribution in [0.4, 0.5) is 0 Å². The van der Waals surface area contributed by atoms with Gasteiger partial charge in [0.05, 0.1) is 20.3 Å². The third kappa shape index (κ3) is 1.74. The second-order valence-electron chi connectivity index (χ2n) is 3.56. The predicted octanol–water partition coefficient (Wildman–Crippen LogP) is 0.0297. The standard InChI is InChI=1S/C10H14O5/c1-6-4-10(5-7(6)11,8(12)14-2)9(13)15-3/h4,7,11H,5H2,1-3H3. The molecule has 5 nitrogen and oxygen atoms in total. The highest BCUT2D eigenvalue weighted by molar-refractivity contribution is 6.03. The maximum Gasteiger partial charge on any atom is 0.327 e. The molecule has 0 radical (unpaired) electrons. The number of rotatable bonds is 2. The lowest BCUT2D eigenvalue weighted by atomic mass is 9.87. The molecule has 1 aliphatic carbocycles. The molecule has 1 rings (SSSR count). The van der Waals surface area contributed by atoms with Crippen molar-refractivity contribution < 1.29 is 24.2 Å². The molecule has 1 N–H and O–H groups in total. The summed E-state index contributed by atoms with van der Waals surface area (Å²) in [5.41, 5.74) is -0.904. The zero-order valence-electron chi connectivity index (χ0n) is 8.94. The van der Waals surface area contributed by atoms with Crippen LogP contribution in [0.2, 0.25) is 0 Å². The summed E-state index contributed by atoms with van der Waals surface area (Å²) in [6.07, 6.45) is 0.594. The molecule has 1 unspecified atom stereocenters. The van der Waals surface area contributed by atoms with E-state index in [1.165, 1.54) is 20.3 Å². The molecule has 1 atom stereocenters. The van der Waals surface area contributed by atoms with Gasteiger partial charge >= 0.3 is 11.9 Å². The van der Waals surface area contributed by atoms with Crippen LogP contribution in [-0.2, 0) is 19.1 Å². The van der Waals surface area contributed by atoms with E-state index in [-0.39, 0.29) is 6.42 Å². The summed E-state index contributed by atoms with van der Waals surface area (Å²) < 4.78 is 9.12. The van der Waals surface area contributed by atoms with Crippen LogP contribution >= 0.6 is 0 Å². The lowest BCUT2D eigenvalue weighted by Gasteiger charge is -2.21. The minimum Gasteiger partial charge on any atom is -0.468 e. The quantitative estimate of drug-likeness (QED) is 0.399. The molecule has 15 heavy (non-hydrogen) atoms. The average Bonchev–Trinajstić information content (AvgIpc) is 2.54. The lowest BCUT2D eigenvalue weighted by molar-refractivity contribution is -0.165.